The van der Waals surface area contributed by atoms with Gasteiger partial charge in [-0.25, -0.2) is 4.98 Å². The second-order valence-corrected chi connectivity index (χ2v) is 6.08. The Kier molecular flexibility index (Phi) is 5.00. The van der Waals surface area contributed by atoms with E-state index in [1.165, 1.54) is 0 Å². The Bertz CT molecular complexity index is 905. The molecule has 3 nitrogen and oxygen atoms in total. The minimum atomic E-state index is 0.591. The highest BCUT2D eigenvalue weighted by Gasteiger charge is 2.08. The van der Waals surface area contributed by atoms with E-state index in [0.29, 0.717) is 22.0 Å². The molecule has 0 amide bonds. The molecule has 3 rings (SSSR count). The molecule has 5 heteroatoms. The van der Waals surface area contributed by atoms with Gasteiger partial charge in [0.25, 0.3) is 0 Å². The summed E-state index contributed by atoms with van der Waals surface area (Å²) in [6.45, 7) is 0. The number of nitriles is 1. The van der Waals surface area contributed by atoms with Crippen molar-refractivity contribution in [3.05, 3.63) is 87.4 Å². The summed E-state index contributed by atoms with van der Waals surface area (Å²) in [5, 5.41) is 10.2. The number of rotatable bonds is 4. The lowest BCUT2D eigenvalue weighted by atomic mass is 9.98. The second kappa shape index (κ2) is 7.35. The Morgan fingerprint density at radius 1 is 1.17 bits per heavy atom. The molecule has 1 aromatic heterocycles. The van der Waals surface area contributed by atoms with Crippen molar-refractivity contribution in [1.29, 1.82) is 5.26 Å². The molecule has 0 fully saturated rings. The molecule has 0 spiro atoms. The van der Waals surface area contributed by atoms with Crippen molar-refractivity contribution in [3.63, 3.8) is 0 Å². The largest absolute Gasteiger partial charge is 0.348 e. The van der Waals surface area contributed by atoms with Crippen LogP contribution in [0.1, 0.15) is 22.5 Å². The van der Waals surface area contributed by atoms with Crippen LogP contribution in [-0.2, 0) is 6.42 Å². The first-order valence-electron chi connectivity index (χ1n) is 7.30. The standard InChI is InChI=1S/C19H13Cl2N3/c20-17-6-5-15(18(21)11-17)9-16(10-19-23-7-8-24-19)14-3-1-13(12-22)2-4-14/h1-9,11H,10H2,(H,23,24)/b16-9-. The van der Waals surface area contributed by atoms with E-state index < -0.39 is 0 Å². The summed E-state index contributed by atoms with van der Waals surface area (Å²) < 4.78 is 0. The quantitative estimate of drug-likeness (QED) is 0.640. The molecule has 0 aliphatic rings. The molecule has 0 saturated carbocycles. The first kappa shape index (κ1) is 16.3. The molecule has 118 valence electrons. The Labute approximate surface area is 150 Å². The fraction of sp³-hybridized carbons (Fsp3) is 0.0526. The van der Waals surface area contributed by atoms with Crippen LogP contribution in [0.15, 0.2) is 54.9 Å². The van der Waals surface area contributed by atoms with Gasteiger partial charge < -0.3 is 4.98 Å². The van der Waals surface area contributed by atoms with Gasteiger partial charge in [-0.05, 0) is 47.0 Å². The van der Waals surface area contributed by atoms with Crippen molar-refractivity contribution in [2.45, 2.75) is 6.42 Å². The molecule has 2 aromatic carbocycles. The Morgan fingerprint density at radius 2 is 1.96 bits per heavy atom. The fourth-order valence-corrected chi connectivity index (χ4v) is 2.84. The van der Waals surface area contributed by atoms with Crippen molar-refractivity contribution in [1.82, 2.24) is 9.97 Å². The maximum absolute atomic E-state index is 8.96. The summed E-state index contributed by atoms with van der Waals surface area (Å²) in [6, 6.07) is 15.0. The van der Waals surface area contributed by atoms with Crippen LogP contribution in [0, 0.1) is 11.3 Å². The van der Waals surface area contributed by atoms with Gasteiger partial charge in [0, 0.05) is 28.9 Å². The zero-order chi connectivity index (χ0) is 16.9. The first-order valence-corrected chi connectivity index (χ1v) is 8.06. The van der Waals surface area contributed by atoms with Crippen LogP contribution < -0.4 is 0 Å². The van der Waals surface area contributed by atoms with Gasteiger partial charge in [0.1, 0.15) is 5.82 Å². The third kappa shape index (κ3) is 3.86. The molecule has 3 aromatic rings. The van der Waals surface area contributed by atoms with Crippen LogP contribution >= 0.6 is 23.2 Å². The van der Waals surface area contributed by atoms with Gasteiger partial charge in [-0.2, -0.15) is 5.26 Å². The molecule has 1 heterocycles. The van der Waals surface area contributed by atoms with Gasteiger partial charge in [0.05, 0.1) is 11.6 Å². The summed E-state index contributed by atoms with van der Waals surface area (Å²) in [5.74, 6) is 0.857. The van der Waals surface area contributed by atoms with Gasteiger partial charge in [-0.15, -0.1) is 0 Å². The number of allylic oxidation sites excluding steroid dienone is 1. The topological polar surface area (TPSA) is 52.5 Å². The van der Waals surface area contributed by atoms with Gasteiger partial charge in [0.15, 0.2) is 0 Å². The first-order chi connectivity index (χ1) is 11.7. The lowest BCUT2D eigenvalue weighted by molar-refractivity contribution is 1.07. The van der Waals surface area contributed by atoms with E-state index in [0.717, 1.165) is 22.5 Å². The lowest BCUT2D eigenvalue weighted by Crippen LogP contribution is -1.94. The van der Waals surface area contributed by atoms with Gasteiger partial charge in [-0.3, -0.25) is 0 Å². The number of imidazole rings is 1. The molecule has 0 radical (unpaired) electrons. The summed E-state index contributed by atoms with van der Waals surface area (Å²) in [6.07, 6.45) is 6.16. The predicted octanol–water partition coefficient (Wildman–Crippen LogP) is 5.37. The normalized spacial score (nSPS) is 11.3. The molecule has 0 saturated heterocycles. The molecule has 0 aliphatic heterocycles. The smallest absolute Gasteiger partial charge is 0.110 e. The highest BCUT2D eigenvalue weighted by molar-refractivity contribution is 6.35. The van der Waals surface area contributed by atoms with E-state index in [9.17, 15) is 0 Å². The average Bonchev–Trinajstić information content (AvgIpc) is 3.10. The third-order valence-corrected chi connectivity index (χ3v) is 4.15. The number of aromatic amines is 1. The molecule has 0 bridgehead atoms. The number of nitrogens with one attached hydrogen (secondary N) is 1. The van der Waals surface area contributed by atoms with Crippen LogP contribution in [0.5, 0.6) is 0 Å². The Morgan fingerprint density at radius 3 is 2.58 bits per heavy atom. The van der Waals surface area contributed by atoms with Crippen molar-refractivity contribution >= 4 is 34.9 Å². The number of halogens is 2. The monoisotopic (exact) mass is 353 g/mol. The number of hydrogen-bond donors (Lipinski definition) is 1. The van der Waals surface area contributed by atoms with E-state index in [-0.39, 0.29) is 0 Å². The summed E-state index contributed by atoms with van der Waals surface area (Å²) in [4.78, 5) is 7.40. The maximum Gasteiger partial charge on any atom is 0.110 e. The van der Waals surface area contributed by atoms with Crippen LogP contribution in [0.25, 0.3) is 11.6 Å². The van der Waals surface area contributed by atoms with Gasteiger partial charge >= 0.3 is 0 Å². The molecular formula is C19H13Cl2N3. The summed E-state index contributed by atoms with van der Waals surface area (Å²) in [7, 11) is 0. The maximum atomic E-state index is 8.96. The van der Waals surface area contributed by atoms with Crippen LogP contribution in [0.2, 0.25) is 10.0 Å². The number of H-pyrrole nitrogens is 1. The van der Waals surface area contributed by atoms with Crippen molar-refractivity contribution in [2.24, 2.45) is 0 Å². The Hall–Kier alpha value is -2.54. The SMILES string of the molecule is N#Cc1ccc(/C(=C\c2ccc(Cl)cc2Cl)Cc2ncc[nH]2)cc1. The minimum absolute atomic E-state index is 0.591. The second-order valence-electron chi connectivity index (χ2n) is 5.24. The van der Waals surface area contributed by atoms with Gasteiger partial charge in [-0.1, -0.05) is 41.4 Å². The van der Waals surface area contributed by atoms with E-state index in [4.69, 9.17) is 28.5 Å². The number of aromatic nitrogens is 2. The van der Waals surface area contributed by atoms with E-state index in [1.807, 2.05) is 30.3 Å². The van der Waals surface area contributed by atoms with Crippen molar-refractivity contribution in [2.75, 3.05) is 0 Å². The highest BCUT2D eigenvalue weighted by atomic mass is 35.5. The van der Waals surface area contributed by atoms with Crippen molar-refractivity contribution < 1.29 is 0 Å². The zero-order valence-corrected chi connectivity index (χ0v) is 14.1. The molecule has 0 unspecified atom stereocenters. The number of nitrogens with zero attached hydrogens (tertiary/aromatic N) is 2. The van der Waals surface area contributed by atoms with E-state index >= 15 is 0 Å². The predicted molar refractivity (Wildman–Crippen MR) is 97.8 cm³/mol. The van der Waals surface area contributed by atoms with Gasteiger partial charge in [0.2, 0.25) is 0 Å². The molecule has 0 atom stereocenters. The van der Waals surface area contributed by atoms with Crippen LogP contribution in [0.3, 0.4) is 0 Å². The van der Waals surface area contributed by atoms with E-state index in [1.54, 1.807) is 30.6 Å². The lowest BCUT2D eigenvalue weighted by Gasteiger charge is -2.08. The highest BCUT2D eigenvalue weighted by Crippen LogP contribution is 2.27. The minimum Gasteiger partial charge on any atom is -0.348 e. The number of benzene rings is 2. The zero-order valence-electron chi connectivity index (χ0n) is 12.6. The molecular weight excluding hydrogens is 341 g/mol. The number of hydrogen-bond acceptors (Lipinski definition) is 2. The van der Waals surface area contributed by atoms with Crippen molar-refractivity contribution in [3.8, 4) is 6.07 Å². The fourth-order valence-electron chi connectivity index (χ4n) is 2.38. The summed E-state index contributed by atoms with van der Waals surface area (Å²) >= 11 is 12.3. The average molecular weight is 354 g/mol. The molecule has 24 heavy (non-hydrogen) atoms. The summed E-state index contributed by atoms with van der Waals surface area (Å²) in [5.41, 5.74) is 3.56. The van der Waals surface area contributed by atoms with Crippen LogP contribution in [0.4, 0.5) is 0 Å². The van der Waals surface area contributed by atoms with Crippen LogP contribution in [-0.4, -0.2) is 9.97 Å². The Balaban J connectivity index is 2.03. The third-order valence-electron chi connectivity index (χ3n) is 3.59. The molecule has 0 aliphatic carbocycles. The van der Waals surface area contributed by atoms with E-state index in [2.05, 4.69) is 16.0 Å². The molecule has 1 N–H and O–H groups in total.